The Morgan fingerprint density at radius 1 is 1.06 bits per heavy atom. The first-order chi connectivity index (χ1) is 16.4. The van der Waals surface area contributed by atoms with Crippen LogP contribution in [0.1, 0.15) is 34.7 Å². The molecule has 1 amide bonds. The molecular weight excluding hydrogens is 440 g/mol. The molecule has 6 nitrogen and oxygen atoms in total. The summed E-state index contributed by atoms with van der Waals surface area (Å²) in [5.74, 6) is -1.17. The highest BCUT2D eigenvalue weighted by molar-refractivity contribution is 6.04. The van der Waals surface area contributed by atoms with Crippen LogP contribution in [-0.4, -0.2) is 28.3 Å². The van der Waals surface area contributed by atoms with Gasteiger partial charge in [-0.05, 0) is 66.6 Å². The van der Waals surface area contributed by atoms with Gasteiger partial charge in [0.2, 0.25) is 0 Å². The van der Waals surface area contributed by atoms with E-state index in [1.807, 2.05) is 17.0 Å². The highest BCUT2D eigenvalue weighted by Gasteiger charge is 2.43. The predicted octanol–water partition coefficient (Wildman–Crippen LogP) is 5.22. The van der Waals surface area contributed by atoms with E-state index in [1.165, 1.54) is 31.2 Å². The van der Waals surface area contributed by atoms with Gasteiger partial charge in [-0.15, -0.1) is 0 Å². The zero-order valence-electron chi connectivity index (χ0n) is 18.1. The van der Waals surface area contributed by atoms with E-state index in [0.29, 0.717) is 30.1 Å². The van der Waals surface area contributed by atoms with E-state index >= 15 is 0 Å². The van der Waals surface area contributed by atoms with E-state index in [1.54, 1.807) is 29.2 Å². The van der Waals surface area contributed by atoms with Gasteiger partial charge >= 0.3 is 5.97 Å². The molecule has 0 fully saturated rings. The number of benzene rings is 3. The lowest BCUT2D eigenvalue weighted by Gasteiger charge is -2.47. The number of ether oxygens (including phenoxy) is 1. The number of carbonyl (C=O) groups is 2. The first-order valence-electron chi connectivity index (χ1n) is 10.9. The molecule has 2 aliphatic heterocycles. The molecule has 0 bridgehead atoms. The number of rotatable bonds is 2. The van der Waals surface area contributed by atoms with Crippen LogP contribution in [0, 0.1) is 11.6 Å². The van der Waals surface area contributed by atoms with E-state index in [9.17, 15) is 18.4 Å². The van der Waals surface area contributed by atoms with Gasteiger partial charge in [-0.25, -0.2) is 8.78 Å². The minimum atomic E-state index is -0.583. The molecular formula is C26H19F2N3O3. The fraction of sp³-hybridized carbons (Fsp3) is 0.154. The normalized spacial score (nSPS) is 16.8. The Kier molecular flexibility index (Phi) is 4.45. The van der Waals surface area contributed by atoms with E-state index in [2.05, 4.69) is 4.98 Å². The van der Waals surface area contributed by atoms with Gasteiger partial charge in [0.15, 0.2) is 6.17 Å². The molecule has 6 rings (SSSR count). The summed E-state index contributed by atoms with van der Waals surface area (Å²) in [5, 5.41) is 0.893. The number of hydrogen-bond acceptors (Lipinski definition) is 4. The minimum Gasteiger partial charge on any atom is -0.427 e. The minimum absolute atomic E-state index is 0.234. The summed E-state index contributed by atoms with van der Waals surface area (Å²) in [4.78, 5) is 31.8. The molecule has 34 heavy (non-hydrogen) atoms. The molecule has 1 unspecified atom stereocenters. The van der Waals surface area contributed by atoms with Crippen molar-refractivity contribution in [3.8, 4) is 5.75 Å². The lowest BCUT2D eigenvalue weighted by Crippen LogP contribution is -2.50. The van der Waals surface area contributed by atoms with Gasteiger partial charge < -0.3 is 19.5 Å². The van der Waals surface area contributed by atoms with Gasteiger partial charge in [-0.3, -0.25) is 9.59 Å². The molecule has 0 saturated heterocycles. The summed E-state index contributed by atoms with van der Waals surface area (Å²) in [6.07, 6.45) is -0.0245. The number of esters is 1. The number of carbonyl (C=O) groups excluding carboxylic acids is 2. The van der Waals surface area contributed by atoms with Crippen molar-refractivity contribution in [3.05, 3.63) is 89.1 Å². The summed E-state index contributed by atoms with van der Waals surface area (Å²) in [7, 11) is 0. The SMILES string of the molecule is CC(=O)Oc1ccc2[nH]c3c(c2c1)CCN1C(=O)c2cc(F)ccc2N(c2cccc(F)c2)C31. The number of fused-ring (bicyclic) bond motifs is 6. The van der Waals surface area contributed by atoms with E-state index < -0.39 is 23.8 Å². The Morgan fingerprint density at radius 3 is 2.68 bits per heavy atom. The van der Waals surface area contributed by atoms with Gasteiger partial charge in [-0.2, -0.15) is 0 Å². The molecule has 170 valence electrons. The van der Waals surface area contributed by atoms with Crippen LogP contribution in [0.2, 0.25) is 0 Å². The summed E-state index contributed by atoms with van der Waals surface area (Å²) >= 11 is 0. The molecule has 4 aromatic rings. The molecule has 0 spiro atoms. The third-order valence-corrected chi connectivity index (χ3v) is 6.37. The number of amides is 1. The Labute approximate surface area is 193 Å². The largest absolute Gasteiger partial charge is 0.427 e. The highest BCUT2D eigenvalue weighted by atomic mass is 19.1. The lowest BCUT2D eigenvalue weighted by molar-refractivity contribution is -0.131. The first-order valence-corrected chi connectivity index (χ1v) is 10.9. The molecule has 1 atom stereocenters. The average molecular weight is 459 g/mol. The quantitative estimate of drug-likeness (QED) is 0.330. The van der Waals surface area contributed by atoms with Gasteiger partial charge in [0, 0.05) is 30.1 Å². The highest BCUT2D eigenvalue weighted by Crippen LogP contribution is 2.47. The molecule has 8 heteroatoms. The van der Waals surface area contributed by atoms with Crippen LogP contribution < -0.4 is 9.64 Å². The van der Waals surface area contributed by atoms with Crippen LogP contribution in [0.3, 0.4) is 0 Å². The van der Waals surface area contributed by atoms with E-state index in [-0.39, 0.29) is 11.5 Å². The molecule has 1 N–H and O–H groups in total. The fourth-order valence-electron chi connectivity index (χ4n) is 5.04. The number of aromatic nitrogens is 1. The zero-order valence-corrected chi connectivity index (χ0v) is 18.1. The topological polar surface area (TPSA) is 65.6 Å². The molecule has 3 aromatic carbocycles. The Bertz CT molecular complexity index is 1500. The summed E-state index contributed by atoms with van der Waals surface area (Å²) in [6, 6.07) is 15.6. The fourth-order valence-corrected chi connectivity index (χ4v) is 5.04. The second-order valence-corrected chi connectivity index (χ2v) is 8.45. The predicted molar refractivity (Wildman–Crippen MR) is 122 cm³/mol. The van der Waals surface area contributed by atoms with Crippen molar-refractivity contribution in [3.63, 3.8) is 0 Å². The van der Waals surface area contributed by atoms with Crippen molar-refractivity contribution in [1.82, 2.24) is 9.88 Å². The second kappa shape index (κ2) is 7.41. The molecule has 2 aliphatic rings. The van der Waals surface area contributed by atoms with Gasteiger partial charge in [-0.1, -0.05) is 6.07 Å². The number of hydrogen-bond donors (Lipinski definition) is 1. The second-order valence-electron chi connectivity index (χ2n) is 8.45. The standard InChI is InChI=1S/C26H19F2N3O3/c1-14(32)34-18-6-7-22-20(13-18)19-9-10-30-25(24(19)29-22)31(17-4-2-3-15(27)11-17)23-8-5-16(28)12-21(23)26(30)33/h2-8,11-13,25,29H,9-10H2,1H3. The third kappa shape index (κ3) is 3.06. The maximum atomic E-state index is 14.3. The van der Waals surface area contributed by atoms with Crippen LogP contribution in [-0.2, 0) is 11.2 Å². The average Bonchev–Trinajstić information content (AvgIpc) is 3.17. The van der Waals surface area contributed by atoms with E-state index in [4.69, 9.17) is 4.74 Å². The Hall–Kier alpha value is -4.20. The summed E-state index contributed by atoms with van der Waals surface area (Å²) in [6.45, 7) is 1.74. The van der Waals surface area contributed by atoms with Gasteiger partial charge in [0.05, 0.1) is 16.9 Å². The van der Waals surface area contributed by atoms with Crippen molar-refractivity contribution in [2.45, 2.75) is 19.5 Å². The first kappa shape index (κ1) is 20.4. The molecule has 0 saturated carbocycles. The number of anilines is 2. The zero-order chi connectivity index (χ0) is 23.6. The van der Waals surface area contributed by atoms with Crippen molar-refractivity contribution in [2.75, 3.05) is 11.4 Å². The third-order valence-electron chi connectivity index (χ3n) is 6.37. The number of halogens is 2. The van der Waals surface area contributed by atoms with Crippen LogP contribution in [0.4, 0.5) is 20.2 Å². The van der Waals surface area contributed by atoms with Crippen molar-refractivity contribution >= 4 is 34.2 Å². The summed E-state index contributed by atoms with van der Waals surface area (Å²) in [5.41, 5.74) is 3.89. The van der Waals surface area contributed by atoms with Crippen molar-refractivity contribution < 1.29 is 23.1 Å². The van der Waals surface area contributed by atoms with E-state index in [0.717, 1.165) is 22.2 Å². The molecule has 3 heterocycles. The van der Waals surface area contributed by atoms with Gasteiger partial charge in [0.25, 0.3) is 5.91 Å². The molecule has 0 radical (unpaired) electrons. The maximum absolute atomic E-state index is 14.3. The smallest absolute Gasteiger partial charge is 0.308 e. The molecule has 1 aromatic heterocycles. The monoisotopic (exact) mass is 459 g/mol. The molecule has 0 aliphatic carbocycles. The Morgan fingerprint density at radius 2 is 1.88 bits per heavy atom. The number of nitrogens with one attached hydrogen (secondary N) is 1. The Balaban J connectivity index is 1.58. The van der Waals surface area contributed by atoms with Crippen molar-refractivity contribution in [2.24, 2.45) is 0 Å². The van der Waals surface area contributed by atoms with Crippen LogP contribution in [0.25, 0.3) is 10.9 Å². The number of H-pyrrole nitrogens is 1. The van der Waals surface area contributed by atoms with Gasteiger partial charge in [0.1, 0.15) is 17.4 Å². The van der Waals surface area contributed by atoms with Crippen molar-refractivity contribution in [1.29, 1.82) is 0 Å². The maximum Gasteiger partial charge on any atom is 0.308 e. The number of nitrogens with zero attached hydrogens (tertiary/aromatic N) is 2. The number of aromatic amines is 1. The summed E-state index contributed by atoms with van der Waals surface area (Å²) < 4.78 is 33.6. The lowest BCUT2D eigenvalue weighted by atomic mass is 9.95. The van der Waals surface area contributed by atoms with Crippen LogP contribution in [0.5, 0.6) is 5.75 Å². The van der Waals surface area contributed by atoms with Crippen LogP contribution >= 0.6 is 0 Å². The van der Waals surface area contributed by atoms with Crippen LogP contribution in [0.15, 0.2) is 60.7 Å².